The van der Waals surface area contributed by atoms with Gasteiger partial charge in [-0.2, -0.15) is 0 Å². The molecule has 0 aromatic carbocycles. The Morgan fingerprint density at radius 2 is 2.33 bits per heavy atom. The quantitative estimate of drug-likeness (QED) is 0.776. The van der Waals surface area contributed by atoms with Crippen LogP contribution in [0, 0.1) is 5.92 Å². The first-order valence-corrected chi connectivity index (χ1v) is 5.80. The third-order valence-corrected chi connectivity index (χ3v) is 2.92. The van der Waals surface area contributed by atoms with Crippen molar-refractivity contribution < 1.29 is 0 Å². The van der Waals surface area contributed by atoms with Crippen LogP contribution in [0.25, 0.3) is 0 Å². The third-order valence-electron chi connectivity index (χ3n) is 2.92. The van der Waals surface area contributed by atoms with Gasteiger partial charge in [0.15, 0.2) is 0 Å². The highest BCUT2D eigenvalue weighted by Gasteiger charge is 2.34. The summed E-state index contributed by atoms with van der Waals surface area (Å²) in [5.74, 6) is 1.83. The maximum Gasteiger partial charge on any atom is 0.127 e. The van der Waals surface area contributed by atoms with Gasteiger partial charge >= 0.3 is 0 Å². The number of rotatable bonds is 5. The summed E-state index contributed by atoms with van der Waals surface area (Å²) < 4.78 is 0. The van der Waals surface area contributed by atoms with Crippen molar-refractivity contribution in [2.45, 2.75) is 32.7 Å². The van der Waals surface area contributed by atoms with E-state index in [-0.39, 0.29) is 0 Å². The molecule has 2 unspecified atom stereocenters. The highest BCUT2D eigenvalue weighted by atomic mass is 15.0. The number of aromatic nitrogens is 1. The zero-order chi connectivity index (χ0) is 10.7. The first-order valence-electron chi connectivity index (χ1n) is 5.80. The fraction of sp³-hybridized carbons (Fsp3) is 0.583. The minimum atomic E-state index is 0.687. The van der Waals surface area contributed by atoms with Crippen molar-refractivity contribution in [1.82, 2.24) is 4.98 Å². The molecule has 2 atom stereocenters. The van der Waals surface area contributed by atoms with Gasteiger partial charge in [0.2, 0.25) is 0 Å². The number of anilines is 2. The largest absolute Gasteiger partial charge is 0.382 e. The summed E-state index contributed by atoms with van der Waals surface area (Å²) in [7, 11) is 0. The summed E-state index contributed by atoms with van der Waals surface area (Å²) in [6.45, 7) is 5.25. The Bertz CT molecular complexity index is 324. The minimum absolute atomic E-state index is 0.687. The molecule has 0 spiro atoms. The van der Waals surface area contributed by atoms with E-state index in [1.807, 2.05) is 12.3 Å². The third kappa shape index (κ3) is 2.61. The van der Waals surface area contributed by atoms with E-state index in [9.17, 15) is 0 Å². The normalized spacial score (nSPS) is 23.6. The highest BCUT2D eigenvalue weighted by Crippen LogP contribution is 2.36. The predicted octanol–water partition coefficient (Wildman–Crippen LogP) is 2.72. The van der Waals surface area contributed by atoms with E-state index < -0.39 is 0 Å². The Morgan fingerprint density at radius 1 is 1.47 bits per heavy atom. The summed E-state index contributed by atoms with van der Waals surface area (Å²) >= 11 is 0. The summed E-state index contributed by atoms with van der Waals surface area (Å²) in [5.41, 5.74) is 1.18. The van der Waals surface area contributed by atoms with Crippen LogP contribution in [0.1, 0.15) is 26.7 Å². The van der Waals surface area contributed by atoms with Crippen molar-refractivity contribution in [2.24, 2.45) is 5.92 Å². The van der Waals surface area contributed by atoms with Crippen molar-refractivity contribution in [3.63, 3.8) is 0 Å². The lowest BCUT2D eigenvalue weighted by molar-refractivity contribution is 0.775. The van der Waals surface area contributed by atoms with Crippen LogP contribution in [0.5, 0.6) is 0 Å². The lowest BCUT2D eigenvalue weighted by atomic mass is 10.3. The molecule has 1 aliphatic carbocycles. The van der Waals surface area contributed by atoms with Crippen LogP contribution in [-0.2, 0) is 0 Å². The Kier molecular flexibility index (Phi) is 3.09. The molecule has 1 saturated carbocycles. The second kappa shape index (κ2) is 4.51. The Labute approximate surface area is 91.3 Å². The zero-order valence-electron chi connectivity index (χ0n) is 9.46. The Morgan fingerprint density at radius 3 is 3.00 bits per heavy atom. The van der Waals surface area contributed by atoms with Crippen LogP contribution < -0.4 is 10.6 Å². The molecule has 15 heavy (non-hydrogen) atoms. The van der Waals surface area contributed by atoms with Gasteiger partial charge in [0.25, 0.3) is 0 Å². The Balaban J connectivity index is 1.93. The molecule has 0 aliphatic heterocycles. The predicted molar refractivity (Wildman–Crippen MR) is 64.2 cm³/mol. The monoisotopic (exact) mass is 205 g/mol. The van der Waals surface area contributed by atoms with Gasteiger partial charge in [-0.1, -0.05) is 13.3 Å². The summed E-state index contributed by atoms with van der Waals surface area (Å²) in [5, 5.41) is 6.75. The fourth-order valence-corrected chi connectivity index (χ4v) is 1.89. The molecule has 0 bridgehead atoms. The molecular formula is C12H19N3. The van der Waals surface area contributed by atoms with Gasteiger partial charge in [-0.3, -0.25) is 0 Å². The molecule has 2 N–H and O–H groups in total. The summed E-state index contributed by atoms with van der Waals surface area (Å²) in [6, 6.07) is 4.80. The molecule has 2 rings (SSSR count). The molecule has 1 heterocycles. The average Bonchev–Trinajstić information content (AvgIpc) is 2.97. The van der Waals surface area contributed by atoms with Crippen LogP contribution in [0.3, 0.4) is 0 Å². The second-order valence-electron chi connectivity index (χ2n) is 4.11. The molecule has 1 aliphatic rings. The molecule has 1 fully saturated rings. The first-order chi connectivity index (χ1) is 7.33. The molecule has 0 radical (unpaired) electrons. The Hall–Kier alpha value is -1.25. The van der Waals surface area contributed by atoms with E-state index >= 15 is 0 Å². The molecule has 3 heteroatoms. The SMILES string of the molecule is CCNc1cc(NC2CC2CC)ccn1. The van der Waals surface area contributed by atoms with E-state index in [0.29, 0.717) is 6.04 Å². The number of nitrogens with zero attached hydrogens (tertiary/aromatic N) is 1. The van der Waals surface area contributed by atoms with Crippen molar-refractivity contribution in [2.75, 3.05) is 17.2 Å². The lowest BCUT2D eigenvalue weighted by Crippen LogP contribution is -2.05. The summed E-state index contributed by atoms with van der Waals surface area (Å²) in [4.78, 5) is 4.24. The zero-order valence-corrected chi connectivity index (χ0v) is 9.46. The van der Waals surface area contributed by atoms with Crippen LogP contribution in [0.2, 0.25) is 0 Å². The van der Waals surface area contributed by atoms with E-state index in [1.165, 1.54) is 18.5 Å². The average molecular weight is 205 g/mol. The number of pyridine rings is 1. The topological polar surface area (TPSA) is 37.0 Å². The number of hydrogen-bond acceptors (Lipinski definition) is 3. The van der Waals surface area contributed by atoms with E-state index in [0.717, 1.165) is 18.3 Å². The molecule has 1 aromatic heterocycles. The molecule has 1 aromatic rings. The van der Waals surface area contributed by atoms with E-state index in [4.69, 9.17) is 0 Å². The second-order valence-corrected chi connectivity index (χ2v) is 4.11. The van der Waals surface area contributed by atoms with Crippen molar-refractivity contribution in [1.29, 1.82) is 0 Å². The van der Waals surface area contributed by atoms with Crippen LogP contribution in [0.4, 0.5) is 11.5 Å². The highest BCUT2D eigenvalue weighted by molar-refractivity contribution is 5.53. The van der Waals surface area contributed by atoms with Gasteiger partial charge in [0, 0.05) is 30.5 Å². The minimum Gasteiger partial charge on any atom is -0.382 e. The number of hydrogen-bond donors (Lipinski definition) is 2. The van der Waals surface area contributed by atoms with E-state index in [2.05, 4.69) is 35.5 Å². The van der Waals surface area contributed by atoms with Gasteiger partial charge in [0.1, 0.15) is 5.82 Å². The first kappa shape index (κ1) is 10.3. The van der Waals surface area contributed by atoms with Crippen LogP contribution in [0.15, 0.2) is 18.3 Å². The maximum absolute atomic E-state index is 4.24. The molecular weight excluding hydrogens is 186 g/mol. The van der Waals surface area contributed by atoms with Crippen LogP contribution in [-0.4, -0.2) is 17.6 Å². The van der Waals surface area contributed by atoms with Gasteiger partial charge in [-0.05, 0) is 25.3 Å². The fourth-order valence-electron chi connectivity index (χ4n) is 1.89. The van der Waals surface area contributed by atoms with E-state index in [1.54, 1.807) is 0 Å². The molecule has 3 nitrogen and oxygen atoms in total. The molecule has 0 saturated heterocycles. The van der Waals surface area contributed by atoms with Crippen molar-refractivity contribution >= 4 is 11.5 Å². The van der Waals surface area contributed by atoms with Crippen molar-refractivity contribution in [3.8, 4) is 0 Å². The van der Waals surface area contributed by atoms with Gasteiger partial charge < -0.3 is 10.6 Å². The van der Waals surface area contributed by atoms with Gasteiger partial charge in [0.05, 0.1) is 0 Å². The van der Waals surface area contributed by atoms with Gasteiger partial charge in [-0.15, -0.1) is 0 Å². The number of nitrogens with one attached hydrogen (secondary N) is 2. The standard InChI is InChI=1S/C12H19N3/c1-3-9-7-11(9)15-10-5-6-14-12(8-10)13-4-2/h5-6,8-9,11H,3-4,7H2,1-2H3,(H2,13,14,15). The van der Waals surface area contributed by atoms with Crippen LogP contribution >= 0.6 is 0 Å². The maximum atomic E-state index is 4.24. The van der Waals surface area contributed by atoms with Gasteiger partial charge in [-0.25, -0.2) is 4.98 Å². The lowest BCUT2D eigenvalue weighted by Gasteiger charge is -2.07. The summed E-state index contributed by atoms with van der Waals surface area (Å²) in [6.07, 6.45) is 4.45. The van der Waals surface area contributed by atoms with Crippen molar-refractivity contribution in [3.05, 3.63) is 18.3 Å². The smallest absolute Gasteiger partial charge is 0.127 e. The molecule has 0 amide bonds. The molecule has 82 valence electrons.